The van der Waals surface area contributed by atoms with Gasteiger partial charge < -0.3 is 11.1 Å². The lowest BCUT2D eigenvalue weighted by Crippen LogP contribution is -2.47. The number of carbonyl (C=O) groups is 2. The van der Waals surface area contributed by atoms with Gasteiger partial charge in [0.2, 0.25) is 5.91 Å². The Balaban J connectivity index is 2.67. The molecule has 0 aliphatic heterocycles. The number of nitrogens with two attached hydrogens (primary N) is 1. The van der Waals surface area contributed by atoms with E-state index >= 15 is 0 Å². The van der Waals surface area contributed by atoms with Crippen LogP contribution < -0.4 is 16.4 Å². The Morgan fingerprint density at radius 2 is 1.90 bits per heavy atom. The summed E-state index contributed by atoms with van der Waals surface area (Å²) in [5.41, 5.74) is 7.83. The summed E-state index contributed by atoms with van der Waals surface area (Å²) in [6, 6.07) is 6.92. The highest BCUT2D eigenvalue weighted by molar-refractivity contribution is 5.96. The summed E-state index contributed by atoms with van der Waals surface area (Å²) in [7, 11) is 3.30. The summed E-state index contributed by atoms with van der Waals surface area (Å²) in [6.45, 7) is 2.81. The van der Waals surface area contributed by atoms with E-state index in [4.69, 9.17) is 5.73 Å². The van der Waals surface area contributed by atoms with Crippen molar-refractivity contribution in [2.45, 2.75) is 26.1 Å². The van der Waals surface area contributed by atoms with Crippen LogP contribution in [-0.2, 0) is 17.9 Å². The lowest BCUT2D eigenvalue weighted by molar-refractivity contribution is -0.124. The molecule has 4 N–H and O–H groups in total. The number of benzene rings is 1. The first-order valence-corrected chi connectivity index (χ1v) is 6.49. The van der Waals surface area contributed by atoms with E-state index in [0.717, 1.165) is 11.1 Å². The number of nitrogens with one attached hydrogen (secondary N) is 2. The molecule has 0 aliphatic rings. The largest absolute Gasteiger partial charge is 0.341 e. The van der Waals surface area contributed by atoms with Crippen LogP contribution in [0.15, 0.2) is 24.3 Å². The summed E-state index contributed by atoms with van der Waals surface area (Å²) in [5.74, 6) is -0.336. The fraction of sp³-hybridized carbons (Fsp3) is 0.429. The van der Waals surface area contributed by atoms with E-state index in [2.05, 4.69) is 10.6 Å². The second-order valence-corrected chi connectivity index (χ2v) is 4.63. The molecule has 0 bridgehead atoms. The van der Waals surface area contributed by atoms with Gasteiger partial charge in [-0.1, -0.05) is 24.3 Å². The maximum absolute atomic E-state index is 11.9. The zero-order valence-electron chi connectivity index (χ0n) is 12.1. The van der Waals surface area contributed by atoms with Crippen LogP contribution in [0, 0.1) is 0 Å². The van der Waals surface area contributed by atoms with Crippen LogP contribution in [-0.4, -0.2) is 37.0 Å². The molecular weight excluding hydrogens is 256 g/mol. The molecule has 6 nitrogen and oxygen atoms in total. The molecule has 1 unspecified atom stereocenters. The van der Waals surface area contributed by atoms with Gasteiger partial charge in [0.1, 0.15) is 0 Å². The fourth-order valence-electron chi connectivity index (χ4n) is 1.80. The summed E-state index contributed by atoms with van der Waals surface area (Å²) in [5, 5.41) is 4.62. The molecule has 6 heteroatoms. The summed E-state index contributed by atoms with van der Waals surface area (Å²) in [6.07, 6.45) is 0. The Labute approximate surface area is 119 Å². The summed E-state index contributed by atoms with van der Waals surface area (Å²) in [4.78, 5) is 24.9. The van der Waals surface area contributed by atoms with E-state index in [-0.39, 0.29) is 5.91 Å². The fourth-order valence-corrected chi connectivity index (χ4v) is 1.80. The SMILES string of the molecule is CNC(=O)NC(=O)C(C)N(C)Cc1ccccc1CN. The van der Waals surface area contributed by atoms with Gasteiger partial charge in [-0.3, -0.25) is 15.0 Å². The van der Waals surface area contributed by atoms with Gasteiger partial charge in [0, 0.05) is 20.1 Å². The molecule has 1 atom stereocenters. The van der Waals surface area contributed by atoms with Gasteiger partial charge in [-0.05, 0) is 25.1 Å². The quantitative estimate of drug-likeness (QED) is 0.728. The number of urea groups is 1. The first-order chi connectivity index (χ1) is 9.49. The van der Waals surface area contributed by atoms with Crippen LogP contribution in [0.4, 0.5) is 4.79 Å². The van der Waals surface area contributed by atoms with Crippen molar-refractivity contribution in [1.29, 1.82) is 0 Å². The molecule has 20 heavy (non-hydrogen) atoms. The van der Waals surface area contributed by atoms with Crippen LogP contribution in [0.2, 0.25) is 0 Å². The average molecular weight is 278 g/mol. The van der Waals surface area contributed by atoms with Gasteiger partial charge in [-0.25, -0.2) is 4.79 Å². The van der Waals surface area contributed by atoms with E-state index in [1.165, 1.54) is 7.05 Å². The van der Waals surface area contributed by atoms with Gasteiger partial charge in [0.25, 0.3) is 0 Å². The Bertz CT molecular complexity index is 476. The molecule has 0 aromatic heterocycles. The molecule has 0 radical (unpaired) electrons. The maximum Gasteiger partial charge on any atom is 0.321 e. The van der Waals surface area contributed by atoms with Crippen molar-refractivity contribution in [2.24, 2.45) is 5.73 Å². The predicted octanol–water partition coefficient (Wildman–Crippen LogP) is 0.421. The molecule has 0 aliphatic carbocycles. The third-order valence-corrected chi connectivity index (χ3v) is 3.26. The monoisotopic (exact) mass is 278 g/mol. The van der Waals surface area contributed by atoms with Crippen molar-refractivity contribution in [2.75, 3.05) is 14.1 Å². The van der Waals surface area contributed by atoms with Crippen molar-refractivity contribution in [1.82, 2.24) is 15.5 Å². The van der Waals surface area contributed by atoms with Crippen LogP contribution >= 0.6 is 0 Å². The molecule has 110 valence electrons. The number of likely N-dealkylation sites (N-methyl/N-ethyl adjacent to an activating group) is 1. The standard InChI is InChI=1S/C14H22N4O2/c1-10(13(19)17-14(20)16-2)18(3)9-12-7-5-4-6-11(12)8-15/h4-7,10H,8-9,15H2,1-3H3,(H2,16,17,19,20). The molecule has 0 fully saturated rings. The number of hydrogen-bond acceptors (Lipinski definition) is 4. The van der Waals surface area contributed by atoms with E-state index in [1.54, 1.807) is 6.92 Å². The number of nitrogens with zero attached hydrogens (tertiary/aromatic N) is 1. The van der Waals surface area contributed by atoms with E-state index < -0.39 is 12.1 Å². The molecular formula is C14H22N4O2. The third-order valence-electron chi connectivity index (χ3n) is 3.26. The molecule has 3 amide bonds. The second kappa shape index (κ2) is 7.62. The summed E-state index contributed by atoms with van der Waals surface area (Å²) < 4.78 is 0. The minimum atomic E-state index is -0.502. The van der Waals surface area contributed by atoms with E-state index in [1.807, 2.05) is 36.2 Å². The average Bonchev–Trinajstić information content (AvgIpc) is 2.46. The van der Waals surface area contributed by atoms with Crippen molar-refractivity contribution >= 4 is 11.9 Å². The van der Waals surface area contributed by atoms with Gasteiger partial charge in [-0.15, -0.1) is 0 Å². The second-order valence-electron chi connectivity index (χ2n) is 4.63. The minimum Gasteiger partial charge on any atom is -0.341 e. The van der Waals surface area contributed by atoms with Crippen LogP contribution in [0.1, 0.15) is 18.1 Å². The van der Waals surface area contributed by atoms with E-state index in [9.17, 15) is 9.59 Å². The number of hydrogen-bond donors (Lipinski definition) is 3. The normalized spacial score (nSPS) is 12.1. The Morgan fingerprint density at radius 1 is 1.30 bits per heavy atom. The van der Waals surface area contributed by atoms with Gasteiger partial charge >= 0.3 is 6.03 Å². The zero-order valence-corrected chi connectivity index (χ0v) is 12.1. The van der Waals surface area contributed by atoms with Crippen LogP contribution in [0.5, 0.6) is 0 Å². The molecule has 1 aromatic carbocycles. The molecule has 0 saturated heterocycles. The highest BCUT2D eigenvalue weighted by Crippen LogP contribution is 2.12. The number of rotatable bonds is 5. The number of amides is 3. The lowest BCUT2D eigenvalue weighted by atomic mass is 10.1. The molecule has 0 spiro atoms. The van der Waals surface area contributed by atoms with Crippen molar-refractivity contribution < 1.29 is 9.59 Å². The van der Waals surface area contributed by atoms with E-state index in [0.29, 0.717) is 13.1 Å². The van der Waals surface area contributed by atoms with Crippen LogP contribution in [0.3, 0.4) is 0 Å². The molecule has 0 saturated carbocycles. The third kappa shape index (κ3) is 4.32. The van der Waals surface area contributed by atoms with Crippen LogP contribution in [0.25, 0.3) is 0 Å². The van der Waals surface area contributed by atoms with Crippen molar-refractivity contribution in [3.63, 3.8) is 0 Å². The molecule has 1 rings (SSSR count). The van der Waals surface area contributed by atoms with Gasteiger partial charge in [0.05, 0.1) is 6.04 Å². The van der Waals surface area contributed by atoms with Crippen molar-refractivity contribution in [3.8, 4) is 0 Å². The predicted molar refractivity (Wildman–Crippen MR) is 77.9 cm³/mol. The Hall–Kier alpha value is -1.92. The van der Waals surface area contributed by atoms with Crippen molar-refractivity contribution in [3.05, 3.63) is 35.4 Å². The molecule has 0 heterocycles. The number of carbonyl (C=O) groups excluding carboxylic acids is 2. The Kier molecular flexibility index (Phi) is 6.14. The summed E-state index contributed by atoms with van der Waals surface area (Å²) >= 11 is 0. The smallest absolute Gasteiger partial charge is 0.321 e. The zero-order chi connectivity index (χ0) is 15.1. The highest BCUT2D eigenvalue weighted by Gasteiger charge is 2.20. The highest BCUT2D eigenvalue weighted by atomic mass is 16.2. The first-order valence-electron chi connectivity index (χ1n) is 6.49. The Morgan fingerprint density at radius 3 is 2.45 bits per heavy atom. The topological polar surface area (TPSA) is 87.5 Å². The lowest BCUT2D eigenvalue weighted by Gasteiger charge is -2.24. The minimum absolute atomic E-state index is 0.336. The molecule has 1 aromatic rings. The van der Waals surface area contributed by atoms with Gasteiger partial charge in [-0.2, -0.15) is 0 Å². The number of imide groups is 1. The first kappa shape index (κ1) is 16.1. The van der Waals surface area contributed by atoms with Gasteiger partial charge in [0.15, 0.2) is 0 Å². The maximum atomic E-state index is 11.9.